The molecule has 0 aromatic heterocycles. The Morgan fingerprint density at radius 1 is 1.47 bits per heavy atom. The number of hydrogen-bond acceptors (Lipinski definition) is 3. The second-order valence-electron chi connectivity index (χ2n) is 4.68. The van der Waals surface area contributed by atoms with Crippen LogP contribution in [0.4, 0.5) is 4.39 Å². The molecule has 2 rings (SSSR count). The quantitative estimate of drug-likeness (QED) is 0.813. The van der Waals surface area contributed by atoms with Gasteiger partial charge in [-0.1, -0.05) is 0 Å². The third-order valence-corrected chi connectivity index (χ3v) is 3.28. The lowest BCUT2D eigenvalue weighted by molar-refractivity contribution is 0.207. The van der Waals surface area contributed by atoms with Crippen LogP contribution in [0.1, 0.15) is 24.0 Å². The third kappa shape index (κ3) is 2.82. The highest BCUT2D eigenvalue weighted by Crippen LogP contribution is 2.44. The zero-order valence-electron chi connectivity index (χ0n) is 9.54. The zero-order valence-corrected chi connectivity index (χ0v) is 9.54. The number of halogens is 1. The van der Waals surface area contributed by atoms with E-state index in [0.717, 1.165) is 12.8 Å². The molecule has 1 aromatic carbocycles. The van der Waals surface area contributed by atoms with E-state index < -0.39 is 0 Å². The maximum atomic E-state index is 13.4. The molecule has 0 atom stereocenters. The van der Waals surface area contributed by atoms with Crippen molar-refractivity contribution < 1.29 is 9.50 Å². The molecule has 1 aromatic rings. The van der Waals surface area contributed by atoms with Crippen LogP contribution in [-0.4, -0.2) is 18.3 Å². The summed E-state index contributed by atoms with van der Waals surface area (Å²) in [5.74, 6) is -0.301. The van der Waals surface area contributed by atoms with Gasteiger partial charge in [0.05, 0.1) is 11.6 Å². The first kappa shape index (κ1) is 12.0. The maximum absolute atomic E-state index is 13.4. The molecule has 1 aliphatic carbocycles. The molecule has 3 nitrogen and oxygen atoms in total. The Kier molecular flexibility index (Phi) is 3.41. The van der Waals surface area contributed by atoms with Crippen molar-refractivity contribution in [1.82, 2.24) is 5.32 Å². The zero-order chi connectivity index (χ0) is 12.3. The van der Waals surface area contributed by atoms with Gasteiger partial charge in [0.1, 0.15) is 5.82 Å². The molecule has 90 valence electrons. The van der Waals surface area contributed by atoms with Crippen LogP contribution in [0.25, 0.3) is 0 Å². The van der Waals surface area contributed by atoms with Crippen LogP contribution < -0.4 is 5.32 Å². The van der Waals surface area contributed by atoms with Gasteiger partial charge in [-0.15, -0.1) is 0 Å². The number of nitrogens with zero attached hydrogens (tertiary/aromatic N) is 1. The fourth-order valence-electron chi connectivity index (χ4n) is 1.81. The molecule has 0 spiro atoms. The second kappa shape index (κ2) is 4.82. The fourth-order valence-corrected chi connectivity index (χ4v) is 1.81. The van der Waals surface area contributed by atoms with E-state index in [9.17, 15) is 4.39 Å². The predicted molar refractivity (Wildman–Crippen MR) is 61.6 cm³/mol. The molecule has 0 unspecified atom stereocenters. The van der Waals surface area contributed by atoms with Crippen molar-refractivity contribution in [2.24, 2.45) is 5.41 Å². The number of rotatable bonds is 5. The lowest BCUT2D eigenvalue weighted by Gasteiger charge is -2.13. The minimum atomic E-state index is -0.301. The summed E-state index contributed by atoms with van der Waals surface area (Å²) in [6.45, 7) is 1.27. The molecule has 0 amide bonds. The van der Waals surface area contributed by atoms with Gasteiger partial charge in [0.2, 0.25) is 0 Å². The van der Waals surface area contributed by atoms with Gasteiger partial charge in [-0.2, -0.15) is 5.26 Å². The Morgan fingerprint density at radius 3 is 2.82 bits per heavy atom. The van der Waals surface area contributed by atoms with Crippen molar-refractivity contribution in [3.63, 3.8) is 0 Å². The van der Waals surface area contributed by atoms with Crippen LogP contribution in [0, 0.1) is 22.6 Å². The van der Waals surface area contributed by atoms with Gasteiger partial charge >= 0.3 is 0 Å². The van der Waals surface area contributed by atoms with E-state index in [2.05, 4.69) is 5.32 Å². The lowest BCUT2D eigenvalue weighted by Crippen LogP contribution is -2.26. The Labute approximate surface area is 99.9 Å². The van der Waals surface area contributed by atoms with Gasteiger partial charge in [0, 0.05) is 30.7 Å². The molecule has 2 N–H and O–H groups in total. The van der Waals surface area contributed by atoms with Crippen LogP contribution in [-0.2, 0) is 6.54 Å². The van der Waals surface area contributed by atoms with E-state index >= 15 is 0 Å². The monoisotopic (exact) mass is 234 g/mol. The fraction of sp³-hybridized carbons (Fsp3) is 0.462. The summed E-state index contributed by atoms with van der Waals surface area (Å²) < 4.78 is 13.4. The normalized spacial score (nSPS) is 16.5. The Morgan fingerprint density at radius 2 is 2.24 bits per heavy atom. The molecule has 0 radical (unpaired) electrons. The molecular weight excluding hydrogens is 219 g/mol. The average Bonchev–Trinajstić information content (AvgIpc) is 3.12. The van der Waals surface area contributed by atoms with Crippen LogP contribution in [0.3, 0.4) is 0 Å². The van der Waals surface area contributed by atoms with Gasteiger partial charge in [-0.3, -0.25) is 0 Å². The Balaban J connectivity index is 1.92. The molecule has 0 heterocycles. The minimum Gasteiger partial charge on any atom is -0.396 e. The van der Waals surface area contributed by atoms with Gasteiger partial charge in [-0.25, -0.2) is 4.39 Å². The molecule has 0 saturated heterocycles. The summed E-state index contributed by atoms with van der Waals surface area (Å²) in [7, 11) is 0. The first-order valence-corrected chi connectivity index (χ1v) is 5.69. The number of aliphatic hydroxyl groups is 1. The second-order valence-corrected chi connectivity index (χ2v) is 4.68. The predicted octanol–water partition coefficient (Wildman–Crippen LogP) is 1.56. The smallest absolute Gasteiger partial charge is 0.127 e. The first-order chi connectivity index (χ1) is 8.19. The summed E-state index contributed by atoms with van der Waals surface area (Å²) in [5, 5.41) is 21.0. The molecule has 1 aliphatic rings. The van der Waals surface area contributed by atoms with E-state index in [0.29, 0.717) is 24.2 Å². The lowest BCUT2D eigenvalue weighted by atomic mass is 10.1. The number of nitriles is 1. The molecule has 1 fully saturated rings. The van der Waals surface area contributed by atoms with Crippen molar-refractivity contribution in [3.05, 3.63) is 35.1 Å². The third-order valence-electron chi connectivity index (χ3n) is 3.28. The average molecular weight is 234 g/mol. The molecule has 1 saturated carbocycles. The highest BCUT2D eigenvalue weighted by atomic mass is 19.1. The van der Waals surface area contributed by atoms with Crippen LogP contribution >= 0.6 is 0 Å². The van der Waals surface area contributed by atoms with Gasteiger partial charge in [0.15, 0.2) is 0 Å². The molecule has 17 heavy (non-hydrogen) atoms. The molecular formula is C13H15FN2O. The van der Waals surface area contributed by atoms with E-state index in [1.165, 1.54) is 12.1 Å². The van der Waals surface area contributed by atoms with Gasteiger partial charge in [0.25, 0.3) is 0 Å². The van der Waals surface area contributed by atoms with E-state index in [-0.39, 0.29) is 17.8 Å². The summed E-state index contributed by atoms with van der Waals surface area (Å²) in [5.41, 5.74) is 0.979. The van der Waals surface area contributed by atoms with Gasteiger partial charge < -0.3 is 10.4 Å². The van der Waals surface area contributed by atoms with Crippen molar-refractivity contribution >= 4 is 0 Å². The van der Waals surface area contributed by atoms with Crippen molar-refractivity contribution in [2.45, 2.75) is 19.4 Å². The highest BCUT2D eigenvalue weighted by molar-refractivity contribution is 5.33. The van der Waals surface area contributed by atoms with Crippen molar-refractivity contribution in [2.75, 3.05) is 13.2 Å². The summed E-state index contributed by atoms with van der Waals surface area (Å²) >= 11 is 0. The summed E-state index contributed by atoms with van der Waals surface area (Å²) in [6, 6.07) is 6.33. The number of aliphatic hydroxyl groups excluding tert-OH is 1. The molecule has 0 aliphatic heterocycles. The van der Waals surface area contributed by atoms with Crippen molar-refractivity contribution in [3.8, 4) is 6.07 Å². The van der Waals surface area contributed by atoms with E-state index in [1.807, 2.05) is 6.07 Å². The Hall–Kier alpha value is -1.44. The summed E-state index contributed by atoms with van der Waals surface area (Å²) in [4.78, 5) is 0. The largest absolute Gasteiger partial charge is 0.396 e. The standard InChI is InChI=1S/C13H15FN2O/c14-12-2-1-10(6-15)5-11(12)7-16-8-13(9-17)3-4-13/h1-2,5,16-17H,3-4,7-9H2. The van der Waals surface area contributed by atoms with Crippen molar-refractivity contribution in [1.29, 1.82) is 5.26 Å². The number of benzene rings is 1. The van der Waals surface area contributed by atoms with Crippen LogP contribution in [0.15, 0.2) is 18.2 Å². The number of hydrogen-bond donors (Lipinski definition) is 2. The van der Waals surface area contributed by atoms with E-state index in [4.69, 9.17) is 10.4 Å². The number of nitrogens with one attached hydrogen (secondary N) is 1. The SMILES string of the molecule is N#Cc1ccc(F)c(CNCC2(CO)CC2)c1. The van der Waals surface area contributed by atoms with E-state index in [1.54, 1.807) is 6.07 Å². The Bertz CT molecular complexity index is 449. The van der Waals surface area contributed by atoms with Crippen LogP contribution in [0.2, 0.25) is 0 Å². The highest BCUT2D eigenvalue weighted by Gasteiger charge is 2.41. The molecule has 4 heteroatoms. The minimum absolute atomic E-state index is 0.0172. The van der Waals surface area contributed by atoms with Crippen LogP contribution in [0.5, 0.6) is 0 Å². The summed E-state index contributed by atoms with van der Waals surface area (Å²) in [6.07, 6.45) is 2.05. The van der Waals surface area contributed by atoms with Gasteiger partial charge in [-0.05, 0) is 31.0 Å². The first-order valence-electron chi connectivity index (χ1n) is 5.69. The topological polar surface area (TPSA) is 56.0 Å². The maximum Gasteiger partial charge on any atom is 0.127 e. The molecule has 0 bridgehead atoms.